The molecule has 0 aliphatic heterocycles. The van der Waals surface area contributed by atoms with Crippen LogP contribution in [0.1, 0.15) is 0 Å². The molecule has 2 N–H and O–H groups in total. The molecule has 0 fully saturated rings. The van der Waals surface area contributed by atoms with E-state index in [0.29, 0.717) is 13.1 Å². The quantitative estimate of drug-likeness (QED) is 0.321. The molecule has 4 nitrogen and oxygen atoms in total. The van der Waals surface area contributed by atoms with Crippen molar-refractivity contribution in [2.45, 2.75) is 0 Å². The second-order valence-electron chi connectivity index (χ2n) is 1.27. The lowest BCUT2D eigenvalue weighted by molar-refractivity contribution is 0.599. The molecular weight excluding hydrogens is 128 g/mol. The fourth-order valence-electron chi connectivity index (χ4n) is 0.272. The maximum Gasteiger partial charge on any atom is 0.201 e. The molecule has 0 heterocycles. The minimum absolute atomic E-state index is 0.467. The van der Waals surface area contributed by atoms with Crippen molar-refractivity contribution in [2.24, 2.45) is 0 Å². The third-order valence-corrected chi connectivity index (χ3v) is 1.10. The van der Waals surface area contributed by atoms with Crippen LogP contribution in [-0.4, -0.2) is 28.6 Å². The van der Waals surface area contributed by atoms with E-state index in [1.54, 1.807) is 7.05 Å². The van der Waals surface area contributed by atoms with Crippen molar-refractivity contribution in [1.29, 1.82) is 0 Å². The largest absolute Gasteiger partial charge is 0.318 e. The smallest absolute Gasteiger partial charge is 0.201 e. The van der Waals surface area contributed by atoms with Gasteiger partial charge in [-0.15, -0.1) is 0 Å². The molecule has 0 rings (SSSR count). The molecule has 0 aliphatic carbocycles. The zero-order valence-electron chi connectivity index (χ0n) is 4.68. The van der Waals surface area contributed by atoms with Crippen LogP contribution in [0.15, 0.2) is 0 Å². The summed E-state index contributed by atoms with van der Waals surface area (Å²) in [6, 6.07) is 0. The SMILES string of the molecule is CNCCN[SH](=O)=O. The van der Waals surface area contributed by atoms with Crippen molar-refractivity contribution in [2.75, 3.05) is 20.1 Å². The molecular formula is C3H10N2O2S. The van der Waals surface area contributed by atoms with Crippen LogP contribution in [-0.2, 0) is 10.9 Å². The van der Waals surface area contributed by atoms with E-state index in [2.05, 4.69) is 10.0 Å². The lowest BCUT2D eigenvalue weighted by Crippen LogP contribution is -2.23. The molecule has 0 unspecified atom stereocenters. The Morgan fingerprint density at radius 2 is 2.00 bits per heavy atom. The summed E-state index contributed by atoms with van der Waals surface area (Å²) < 4.78 is 21.8. The van der Waals surface area contributed by atoms with Crippen LogP contribution < -0.4 is 10.0 Å². The van der Waals surface area contributed by atoms with Crippen LogP contribution in [0.5, 0.6) is 0 Å². The van der Waals surface area contributed by atoms with Crippen molar-refractivity contribution < 1.29 is 8.42 Å². The Balaban J connectivity index is 2.94. The van der Waals surface area contributed by atoms with Crippen molar-refractivity contribution in [3.8, 4) is 0 Å². The summed E-state index contributed by atoms with van der Waals surface area (Å²) >= 11 is 0. The zero-order valence-corrected chi connectivity index (χ0v) is 5.57. The monoisotopic (exact) mass is 138 g/mol. The van der Waals surface area contributed by atoms with Crippen LogP contribution in [0.2, 0.25) is 0 Å². The lowest BCUT2D eigenvalue weighted by Gasteiger charge is -1.92. The molecule has 0 aromatic heterocycles. The fraction of sp³-hybridized carbons (Fsp3) is 1.00. The van der Waals surface area contributed by atoms with Gasteiger partial charge in [-0.25, -0.2) is 13.1 Å². The Kier molecular flexibility index (Phi) is 4.93. The van der Waals surface area contributed by atoms with Gasteiger partial charge in [0, 0.05) is 13.1 Å². The number of likely N-dealkylation sites (N-methyl/N-ethyl adjacent to an activating group) is 1. The molecule has 0 radical (unpaired) electrons. The van der Waals surface area contributed by atoms with E-state index < -0.39 is 10.9 Å². The molecule has 0 saturated heterocycles. The van der Waals surface area contributed by atoms with Crippen LogP contribution in [0, 0.1) is 0 Å². The van der Waals surface area contributed by atoms with Gasteiger partial charge in [0.25, 0.3) is 0 Å². The highest BCUT2D eigenvalue weighted by Gasteiger charge is 1.80. The van der Waals surface area contributed by atoms with Gasteiger partial charge in [0.1, 0.15) is 0 Å². The highest BCUT2D eigenvalue weighted by molar-refractivity contribution is 7.70. The second kappa shape index (κ2) is 5.02. The van der Waals surface area contributed by atoms with Gasteiger partial charge in [-0.2, -0.15) is 0 Å². The van der Waals surface area contributed by atoms with Crippen LogP contribution in [0.25, 0.3) is 0 Å². The summed E-state index contributed by atoms with van der Waals surface area (Å²) in [5.41, 5.74) is 0. The molecule has 0 aromatic rings. The third kappa shape index (κ3) is 5.87. The Morgan fingerprint density at radius 1 is 1.38 bits per heavy atom. The van der Waals surface area contributed by atoms with Crippen molar-refractivity contribution >= 4 is 10.9 Å². The summed E-state index contributed by atoms with van der Waals surface area (Å²) in [6.07, 6.45) is 0. The highest BCUT2D eigenvalue weighted by atomic mass is 32.2. The predicted octanol–water partition coefficient (Wildman–Crippen LogP) is -1.68. The molecule has 0 bridgehead atoms. The predicted molar refractivity (Wildman–Crippen MR) is 32.2 cm³/mol. The first-order valence-corrected chi connectivity index (χ1v) is 3.47. The molecule has 50 valence electrons. The molecule has 0 saturated carbocycles. The van der Waals surface area contributed by atoms with E-state index >= 15 is 0 Å². The molecule has 0 atom stereocenters. The van der Waals surface area contributed by atoms with E-state index in [1.807, 2.05) is 0 Å². The van der Waals surface area contributed by atoms with Crippen LogP contribution in [0.4, 0.5) is 0 Å². The van der Waals surface area contributed by atoms with E-state index in [1.165, 1.54) is 0 Å². The van der Waals surface area contributed by atoms with Crippen molar-refractivity contribution in [1.82, 2.24) is 10.0 Å². The van der Waals surface area contributed by atoms with Crippen LogP contribution >= 0.6 is 0 Å². The van der Waals surface area contributed by atoms with Crippen LogP contribution in [0.3, 0.4) is 0 Å². The van der Waals surface area contributed by atoms with Gasteiger partial charge < -0.3 is 5.32 Å². The van der Waals surface area contributed by atoms with Crippen molar-refractivity contribution in [3.05, 3.63) is 0 Å². The Hall–Kier alpha value is -0.130. The first-order chi connectivity index (χ1) is 3.77. The maximum absolute atomic E-state index is 9.77. The number of nitrogens with one attached hydrogen (secondary N) is 2. The molecule has 0 aromatic carbocycles. The summed E-state index contributed by atoms with van der Waals surface area (Å²) in [6.45, 7) is 1.14. The van der Waals surface area contributed by atoms with E-state index in [4.69, 9.17) is 0 Å². The van der Waals surface area contributed by atoms with E-state index in [0.717, 1.165) is 0 Å². The Labute approximate surface area is 50.4 Å². The summed E-state index contributed by atoms with van der Waals surface area (Å²) in [4.78, 5) is 0. The number of hydrogen-bond acceptors (Lipinski definition) is 3. The molecule has 5 heteroatoms. The average molecular weight is 138 g/mol. The summed E-state index contributed by atoms with van der Waals surface area (Å²) in [5.74, 6) is 0. The second-order valence-corrected chi connectivity index (χ2v) is 2.10. The van der Waals surface area contributed by atoms with Gasteiger partial charge in [-0.1, -0.05) is 0 Å². The fourth-order valence-corrected chi connectivity index (χ4v) is 0.567. The first-order valence-electron chi connectivity index (χ1n) is 2.30. The number of thiol groups is 1. The number of rotatable bonds is 4. The van der Waals surface area contributed by atoms with Gasteiger partial charge >= 0.3 is 0 Å². The molecule has 0 amide bonds. The Bertz CT molecular complexity index is 104. The standard InChI is InChI=1S/C3H10N2O2S/c1-4-2-3-5-8(6)7/h4,8H,2-3H2,1H3,(H,5,6,7). The lowest BCUT2D eigenvalue weighted by atomic mass is 10.7. The minimum Gasteiger partial charge on any atom is -0.318 e. The zero-order chi connectivity index (χ0) is 6.41. The molecule has 8 heavy (non-hydrogen) atoms. The molecule has 0 aliphatic rings. The van der Waals surface area contributed by atoms with E-state index in [-0.39, 0.29) is 0 Å². The topological polar surface area (TPSA) is 58.2 Å². The van der Waals surface area contributed by atoms with Gasteiger partial charge in [0.05, 0.1) is 0 Å². The van der Waals surface area contributed by atoms with Gasteiger partial charge in [0.2, 0.25) is 10.9 Å². The normalized spacial score (nSPS) is 10.2. The minimum atomic E-state index is -2.40. The third-order valence-electron chi connectivity index (χ3n) is 0.616. The average Bonchev–Trinajstić information content (AvgIpc) is 1.66. The van der Waals surface area contributed by atoms with E-state index in [9.17, 15) is 8.42 Å². The van der Waals surface area contributed by atoms with Crippen molar-refractivity contribution in [3.63, 3.8) is 0 Å². The highest BCUT2D eigenvalue weighted by Crippen LogP contribution is 1.52. The first kappa shape index (κ1) is 7.87. The number of hydrogen-bond donors (Lipinski definition) is 3. The Morgan fingerprint density at radius 3 is 2.38 bits per heavy atom. The molecule has 0 spiro atoms. The summed E-state index contributed by atoms with van der Waals surface area (Å²) in [7, 11) is -0.639. The summed E-state index contributed by atoms with van der Waals surface area (Å²) in [5, 5.41) is 2.79. The maximum atomic E-state index is 9.77. The van der Waals surface area contributed by atoms with Gasteiger partial charge in [-0.05, 0) is 7.05 Å². The van der Waals surface area contributed by atoms with Gasteiger partial charge in [-0.3, -0.25) is 0 Å². The van der Waals surface area contributed by atoms with Gasteiger partial charge in [0.15, 0.2) is 0 Å².